The van der Waals surface area contributed by atoms with Crippen molar-refractivity contribution in [2.75, 3.05) is 139 Å². The first-order valence-corrected chi connectivity index (χ1v) is 53.0. The summed E-state index contributed by atoms with van der Waals surface area (Å²) in [5.41, 5.74) is 23.1. The molecule has 0 N–H and O–H groups in total. The van der Waals surface area contributed by atoms with E-state index in [9.17, 15) is 41.6 Å². The van der Waals surface area contributed by atoms with E-state index in [1.54, 1.807) is 76.6 Å². The lowest BCUT2D eigenvalue weighted by molar-refractivity contribution is -0.133. The molecule has 6 saturated heterocycles. The maximum Gasteiger partial charge on any atom is 0.237 e. The number of ether oxygens (including phenoxy) is 1. The van der Waals surface area contributed by atoms with Gasteiger partial charge in [-0.3, -0.25) is 77.5 Å². The average Bonchev–Trinajstić information content (AvgIpc) is 1.60. The maximum absolute atomic E-state index is 15.0. The summed E-state index contributed by atoms with van der Waals surface area (Å²) in [6.07, 6.45) is 23.0. The summed E-state index contributed by atoms with van der Waals surface area (Å²) in [4.78, 5) is 137. The summed E-state index contributed by atoms with van der Waals surface area (Å²) in [5.74, 6) is 2.70. The molecule has 148 heavy (non-hydrogen) atoms. The summed E-state index contributed by atoms with van der Waals surface area (Å²) in [5, 5.41) is 13.0. The number of pyridine rings is 2. The number of hydrogen-bond donors (Lipinski definition) is 0. The van der Waals surface area contributed by atoms with Crippen molar-refractivity contribution < 1.29 is 46.3 Å². The van der Waals surface area contributed by atoms with E-state index >= 15 is 0 Å². The fraction of sp³-hybridized carbons (Fsp3) is 0.360. The summed E-state index contributed by atoms with van der Waals surface area (Å²) in [7, 11) is 2.17. The first-order valence-electron chi connectivity index (χ1n) is 51.1. The van der Waals surface area contributed by atoms with Gasteiger partial charge in [0, 0.05) is 192 Å². The van der Waals surface area contributed by atoms with Crippen LogP contribution in [0.3, 0.4) is 0 Å². The van der Waals surface area contributed by atoms with Gasteiger partial charge in [0.25, 0.3) is 0 Å². The van der Waals surface area contributed by atoms with Gasteiger partial charge in [-0.25, -0.2) is 32.7 Å². The van der Waals surface area contributed by atoms with Gasteiger partial charge >= 0.3 is 0 Å². The van der Waals surface area contributed by atoms with Crippen LogP contribution in [0.1, 0.15) is 144 Å². The first kappa shape index (κ1) is 97.6. The lowest BCUT2D eigenvalue weighted by Crippen LogP contribution is -2.43. The fourth-order valence-electron chi connectivity index (χ4n) is 23.0. The van der Waals surface area contributed by atoms with Crippen molar-refractivity contribution in [3.63, 3.8) is 0 Å². The molecule has 32 nitrogen and oxygen atoms in total. The normalized spacial score (nSPS) is 20.7. The molecule has 7 aromatic carbocycles. The third-order valence-corrected chi connectivity index (χ3v) is 32.4. The largest absolute Gasteiger partial charge is 0.475 e. The monoisotopic (exact) mass is 2000 g/mol. The highest BCUT2D eigenvalue weighted by atomic mass is 32.2. The molecule has 0 aliphatic carbocycles. The Morgan fingerprint density at radius 3 is 1.10 bits per heavy atom. The summed E-state index contributed by atoms with van der Waals surface area (Å²) in [6, 6.07) is 55.0. The van der Waals surface area contributed by atoms with E-state index in [1.807, 2.05) is 137 Å². The molecule has 3 spiro atoms. The molecule has 0 bridgehead atoms. The predicted molar refractivity (Wildman–Crippen MR) is 564 cm³/mol. The minimum Gasteiger partial charge on any atom is -0.475 e. The van der Waals surface area contributed by atoms with Crippen LogP contribution < -0.4 is 19.4 Å². The number of carbonyl (C=O) groups excluding carboxylic acids is 6. The topological polar surface area (TPSA) is 330 Å². The molecule has 12 aliphatic heterocycles. The molecule has 12 aliphatic rings. The Hall–Kier alpha value is -15.1. The molecule has 24 rings (SSSR count). The van der Waals surface area contributed by atoms with Crippen LogP contribution >= 0.6 is 0 Å². The average molecular weight is 2010 g/mol. The van der Waals surface area contributed by atoms with Gasteiger partial charge in [0.15, 0.2) is 27.3 Å². The van der Waals surface area contributed by atoms with Gasteiger partial charge in [-0.05, 0) is 227 Å². The highest BCUT2D eigenvalue weighted by Crippen LogP contribution is 2.48. The van der Waals surface area contributed by atoms with Gasteiger partial charge in [0.05, 0.1) is 89.2 Å². The molecule has 6 fully saturated rings. The molecule has 17 heterocycles. The van der Waals surface area contributed by atoms with E-state index in [0.717, 1.165) is 177 Å². The third kappa shape index (κ3) is 19.8. The molecule has 12 aromatic rings. The minimum atomic E-state index is -3.29. The van der Waals surface area contributed by atoms with Crippen LogP contribution in [0.2, 0.25) is 0 Å². The van der Waals surface area contributed by atoms with Crippen molar-refractivity contribution in [3.05, 3.63) is 298 Å². The van der Waals surface area contributed by atoms with E-state index < -0.39 is 26.1 Å². The van der Waals surface area contributed by atoms with E-state index in [2.05, 4.69) is 140 Å². The number of aromatic nitrogens is 11. The van der Waals surface area contributed by atoms with Crippen molar-refractivity contribution in [3.8, 4) is 40.0 Å². The Morgan fingerprint density at radius 1 is 0.392 bits per heavy atom. The van der Waals surface area contributed by atoms with Crippen molar-refractivity contribution in [1.82, 2.24) is 83.7 Å². The van der Waals surface area contributed by atoms with Gasteiger partial charge < -0.3 is 34.1 Å². The summed E-state index contributed by atoms with van der Waals surface area (Å²) < 4.78 is 49.5. The quantitative estimate of drug-likeness (QED) is 0.0645. The van der Waals surface area contributed by atoms with E-state index in [0.29, 0.717) is 153 Å². The zero-order chi connectivity index (χ0) is 102. The third-order valence-electron chi connectivity index (χ3n) is 31.3. The highest BCUT2D eigenvalue weighted by molar-refractivity contribution is 7.90. The van der Waals surface area contributed by atoms with Gasteiger partial charge in [0.2, 0.25) is 41.3 Å². The Kier molecular flexibility index (Phi) is 26.5. The second-order valence-corrected chi connectivity index (χ2v) is 43.4. The number of nitrogens with zero attached hydrogens (tertiary/aromatic N) is 23. The van der Waals surface area contributed by atoms with Crippen LogP contribution in [0.15, 0.2) is 239 Å². The van der Waals surface area contributed by atoms with Gasteiger partial charge in [-0.1, -0.05) is 103 Å². The zero-order valence-corrected chi connectivity index (χ0v) is 85.1. The van der Waals surface area contributed by atoms with Crippen molar-refractivity contribution in [1.29, 1.82) is 0 Å². The summed E-state index contributed by atoms with van der Waals surface area (Å²) in [6.45, 7) is 18.2. The fourth-order valence-corrected chi connectivity index (χ4v) is 23.6. The smallest absolute Gasteiger partial charge is 0.237 e. The molecular formula is C114H118FN23O9S. The number of halogens is 1. The number of carbonyl (C=O) groups is 6. The number of aryl methyl sites for hydroxylation is 4. The lowest BCUT2D eigenvalue weighted by Gasteiger charge is -2.29. The molecule has 6 amide bonds. The predicted octanol–water partition coefficient (Wildman–Crippen LogP) is 13.2. The number of likely N-dealkylation sites (tertiary alicyclic amines) is 3. The van der Waals surface area contributed by atoms with Crippen LogP contribution in [0.4, 0.5) is 21.5 Å². The van der Waals surface area contributed by atoms with Gasteiger partial charge in [0.1, 0.15) is 24.8 Å². The van der Waals surface area contributed by atoms with Crippen molar-refractivity contribution in [2.24, 2.45) is 52.4 Å². The van der Waals surface area contributed by atoms with Crippen LogP contribution in [-0.2, 0) is 79.4 Å². The lowest BCUT2D eigenvalue weighted by atomic mass is 9.85. The number of benzene rings is 7. The van der Waals surface area contributed by atoms with Gasteiger partial charge in [-0.15, -0.1) is 0 Å². The molecule has 3 atom stereocenters. The Bertz CT molecular complexity index is 7580. The van der Waals surface area contributed by atoms with Crippen molar-refractivity contribution in [2.45, 2.75) is 109 Å². The Morgan fingerprint density at radius 2 is 0.750 bits per heavy atom. The number of anilines is 3. The number of fused-ring (bicyclic) bond motifs is 3. The second-order valence-electron chi connectivity index (χ2n) is 41.4. The molecular weight excluding hydrogens is 1890 g/mol. The Labute approximate surface area is 859 Å². The first-order chi connectivity index (χ1) is 71.6. The highest BCUT2D eigenvalue weighted by Gasteiger charge is 2.55. The molecule has 0 saturated carbocycles. The molecule has 0 radical (unpaired) electrons. The number of rotatable bonds is 21. The standard InChI is InChI=1S/C39H41FN8O3.C38H39N7O4S.C37H38N8O2/c1-25(2)51-34-9-6-29(21-41-34)36-32-19-30(7-4-28(32)20-42-36)48-17-13-39(38(48)50)12-16-46(23-39)22-35(49)47-14-10-26(11-15-47)27-5-8-31(33(40)18-27)37-43-24-45(3)44-37;1-42-25-40-36(41-42)29-5-3-26(4-6-29)27-13-17-44(18-14-27)34(46)23-43-19-15-38(24-43)16-20-45(37(38)47)31-10-7-30-22-39-35(33(30)21-31)28-8-11-32(12-9-28)50(2,48)49;1-25-3-4-30(21-38-25)34-32-19-31(10-9-29(32)20-39-34)45-18-14-37(36(45)47)13-17-43(23-37)22-33(46)44-15-11-27(12-16-44)26-5-7-28(8-6-26)35-40-24-42(2)41-35/h4-10,18-19,21,24-25H,11-17,20,22-23H2,1-3H3;3-13,21,25H,14-20,22-24H2,1-2H3;3-11,19,21,24H,12-18,20,22-23H2,1-2H3/t39-;38-;37-/m000/s1. The van der Waals surface area contributed by atoms with Crippen molar-refractivity contribution >= 4 is 96.2 Å². The molecule has 756 valence electrons. The van der Waals surface area contributed by atoms with E-state index in [-0.39, 0.29) is 58.8 Å². The zero-order valence-electron chi connectivity index (χ0n) is 84.3. The van der Waals surface area contributed by atoms with Crippen LogP contribution in [0.5, 0.6) is 5.88 Å². The summed E-state index contributed by atoms with van der Waals surface area (Å²) >= 11 is 0. The van der Waals surface area contributed by atoms with E-state index in [1.165, 1.54) is 34.6 Å². The maximum atomic E-state index is 15.0. The SMILES string of the molecule is CC(C)Oc1ccc(C2=NCc3ccc(N4CC[C@]5(CCN(CC(=O)N6CC=C(c7ccc(-c8ncn(C)n8)c(F)c7)CC6)C5)C4=O)cc32)cn1.Cc1ccc(C2=NCc3ccc(N4CC[C@]5(CCN(CC(=O)N6CC=C(c7ccc(-c8ncn(C)n8)cc7)CC6)C5)C4=O)cc32)cn1.Cn1cnc(-c2ccc(C3=CCN(C(=O)CN4CC[C@]5(CCN(c6ccc7c(c6)C(c6ccc(S(C)(=O)=O)cc6)=NC7)C5=O)C4)CC3)cc2)n1. The molecule has 0 unspecified atom stereocenters. The van der Waals surface area contributed by atoms with E-state index in [4.69, 9.17) is 19.7 Å². The number of aliphatic imine (C=N–C) groups is 3. The Balaban J connectivity index is 0.000000126. The van der Waals surface area contributed by atoms with Gasteiger partial charge in [-0.2, -0.15) is 15.3 Å². The van der Waals surface area contributed by atoms with Crippen LogP contribution in [-0.4, -0.2) is 275 Å². The number of sulfone groups is 1. The van der Waals surface area contributed by atoms with Crippen LogP contribution in [0, 0.1) is 29.0 Å². The molecule has 5 aromatic heterocycles. The minimum absolute atomic E-state index is 0.0477. The van der Waals surface area contributed by atoms with Crippen LogP contribution in [0.25, 0.3) is 50.9 Å². The molecule has 34 heteroatoms. The number of hydrogen-bond acceptors (Lipinski definition) is 23. The second kappa shape index (κ2) is 40.3. The number of amides is 6.